The van der Waals surface area contributed by atoms with Crippen LogP contribution in [0.3, 0.4) is 0 Å². The summed E-state index contributed by atoms with van der Waals surface area (Å²) < 4.78 is 16.2. The molecule has 138 valence electrons. The van der Waals surface area contributed by atoms with Gasteiger partial charge in [0.15, 0.2) is 11.5 Å². The second-order valence-electron chi connectivity index (χ2n) is 6.08. The lowest BCUT2D eigenvalue weighted by Gasteiger charge is -2.19. The fraction of sp³-hybridized carbons (Fsp3) is 0.350. The fourth-order valence-corrected chi connectivity index (χ4v) is 3.05. The SMILES string of the molecule is CCOc1cc(/C=C/C(=O)N(Cc2ccco2)C2CC2)cc(Cl)c1OC. The molecule has 1 saturated carbocycles. The molecule has 5 nitrogen and oxygen atoms in total. The molecule has 0 bridgehead atoms. The summed E-state index contributed by atoms with van der Waals surface area (Å²) in [6, 6.07) is 7.56. The molecule has 1 aromatic heterocycles. The van der Waals surface area contributed by atoms with Gasteiger partial charge in [-0.3, -0.25) is 4.79 Å². The smallest absolute Gasteiger partial charge is 0.247 e. The highest BCUT2D eigenvalue weighted by atomic mass is 35.5. The molecule has 0 unspecified atom stereocenters. The van der Waals surface area contributed by atoms with Crippen LogP contribution >= 0.6 is 11.6 Å². The number of furan rings is 1. The molecule has 26 heavy (non-hydrogen) atoms. The maximum Gasteiger partial charge on any atom is 0.247 e. The van der Waals surface area contributed by atoms with Gasteiger partial charge < -0.3 is 18.8 Å². The molecule has 0 spiro atoms. The lowest BCUT2D eigenvalue weighted by molar-refractivity contribution is -0.127. The molecule has 0 saturated heterocycles. The highest BCUT2D eigenvalue weighted by Gasteiger charge is 2.32. The third kappa shape index (κ3) is 4.41. The molecule has 0 atom stereocenters. The summed E-state index contributed by atoms with van der Waals surface area (Å²) in [6.45, 7) is 2.87. The van der Waals surface area contributed by atoms with Crippen molar-refractivity contribution in [2.24, 2.45) is 0 Å². The van der Waals surface area contributed by atoms with E-state index in [1.54, 1.807) is 31.6 Å². The monoisotopic (exact) mass is 375 g/mol. The summed E-state index contributed by atoms with van der Waals surface area (Å²) in [6.07, 6.45) is 6.99. The number of nitrogens with zero attached hydrogens (tertiary/aromatic N) is 1. The Morgan fingerprint density at radius 2 is 2.23 bits per heavy atom. The van der Waals surface area contributed by atoms with Gasteiger partial charge >= 0.3 is 0 Å². The zero-order valence-electron chi connectivity index (χ0n) is 14.9. The van der Waals surface area contributed by atoms with Crippen molar-refractivity contribution in [1.82, 2.24) is 4.90 Å². The molecule has 1 aromatic carbocycles. The van der Waals surface area contributed by atoms with Crippen LogP contribution in [0.15, 0.2) is 41.0 Å². The van der Waals surface area contributed by atoms with Gasteiger partial charge in [-0.05, 0) is 55.7 Å². The van der Waals surface area contributed by atoms with E-state index in [-0.39, 0.29) is 11.9 Å². The van der Waals surface area contributed by atoms with Gasteiger partial charge in [-0.2, -0.15) is 0 Å². The first-order valence-corrected chi connectivity index (χ1v) is 9.01. The van der Waals surface area contributed by atoms with E-state index in [1.165, 1.54) is 0 Å². The standard InChI is InChI=1S/C20H22ClNO4/c1-3-25-18-12-14(11-17(21)20(18)24-2)6-9-19(23)22(15-7-8-15)13-16-5-4-10-26-16/h4-6,9-12,15H,3,7-8,13H2,1-2H3/b9-6+. The molecule has 0 aliphatic heterocycles. The molecule has 1 amide bonds. The van der Waals surface area contributed by atoms with E-state index in [0.717, 1.165) is 24.2 Å². The third-order valence-electron chi connectivity index (χ3n) is 4.13. The Kier molecular flexibility index (Phi) is 5.89. The number of hydrogen-bond donors (Lipinski definition) is 0. The molecular formula is C20H22ClNO4. The minimum atomic E-state index is -0.0474. The van der Waals surface area contributed by atoms with Crippen molar-refractivity contribution < 1.29 is 18.7 Å². The number of ether oxygens (including phenoxy) is 2. The van der Waals surface area contributed by atoms with Crippen molar-refractivity contribution in [3.05, 3.63) is 53.0 Å². The van der Waals surface area contributed by atoms with Crippen molar-refractivity contribution in [2.45, 2.75) is 32.4 Å². The van der Waals surface area contributed by atoms with Gasteiger partial charge in [0.25, 0.3) is 0 Å². The maximum atomic E-state index is 12.7. The Balaban J connectivity index is 1.76. The molecule has 1 aliphatic carbocycles. The average Bonchev–Trinajstić information content (AvgIpc) is 3.33. The minimum absolute atomic E-state index is 0.0474. The number of amides is 1. The number of carbonyl (C=O) groups excluding carboxylic acids is 1. The van der Waals surface area contributed by atoms with E-state index in [0.29, 0.717) is 29.7 Å². The fourth-order valence-electron chi connectivity index (χ4n) is 2.75. The Hall–Kier alpha value is -2.40. The number of benzene rings is 1. The predicted octanol–water partition coefficient (Wildman–Crippen LogP) is 4.54. The summed E-state index contributed by atoms with van der Waals surface area (Å²) in [5, 5.41) is 0.445. The predicted molar refractivity (Wildman–Crippen MR) is 100 cm³/mol. The summed E-state index contributed by atoms with van der Waals surface area (Å²) >= 11 is 6.26. The molecule has 1 heterocycles. The lowest BCUT2D eigenvalue weighted by atomic mass is 10.1. The molecule has 3 rings (SSSR count). The third-order valence-corrected chi connectivity index (χ3v) is 4.41. The average molecular weight is 376 g/mol. The van der Waals surface area contributed by atoms with Gasteiger partial charge in [0.1, 0.15) is 5.76 Å². The van der Waals surface area contributed by atoms with Crippen LogP contribution in [-0.4, -0.2) is 30.6 Å². The van der Waals surface area contributed by atoms with Gasteiger partial charge in [0.05, 0.1) is 31.5 Å². The first kappa shape index (κ1) is 18.4. The molecule has 6 heteroatoms. The quantitative estimate of drug-likeness (QED) is 0.635. The molecule has 2 aromatic rings. The number of hydrogen-bond acceptors (Lipinski definition) is 4. The largest absolute Gasteiger partial charge is 0.491 e. The van der Waals surface area contributed by atoms with Crippen molar-refractivity contribution in [3.63, 3.8) is 0 Å². The van der Waals surface area contributed by atoms with Crippen molar-refractivity contribution in [2.75, 3.05) is 13.7 Å². The van der Waals surface area contributed by atoms with Crippen LogP contribution in [0, 0.1) is 0 Å². The van der Waals surface area contributed by atoms with E-state index < -0.39 is 0 Å². The van der Waals surface area contributed by atoms with Crippen LogP contribution in [0.2, 0.25) is 5.02 Å². The van der Waals surface area contributed by atoms with Crippen molar-refractivity contribution >= 4 is 23.6 Å². The molecule has 1 aliphatic rings. The molecular weight excluding hydrogens is 354 g/mol. The van der Waals surface area contributed by atoms with Crippen LogP contribution in [0.1, 0.15) is 31.1 Å². The minimum Gasteiger partial charge on any atom is -0.491 e. The second-order valence-corrected chi connectivity index (χ2v) is 6.48. The highest BCUT2D eigenvalue weighted by Crippen LogP contribution is 2.36. The van der Waals surface area contributed by atoms with Crippen molar-refractivity contribution in [1.29, 1.82) is 0 Å². The summed E-state index contributed by atoms with van der Waals surface area (Å²) in [5.74, 6) is 1.79. The van der Waals surface area contributed by atoms with Crippen LogP contribution in [-0.2, 0) is 11.3 Å². The zero-order valence-corrected chi connectivity index (χ0v) is 15.7. The summed E-state index contributed by atoms with van der Waals surface area (Å²) in [4.78, 5) is 14.5. The lowest BCUT2D eigenvalue weighted by Crippen LogP contribution is -2.30. The van der Waals surface area contributed by atoms with Gasteiger partial charge in [-0.25, -0.2) is 0 Å². The number of carbonyl (C=O) groups is 1. The maximum absolute atomic E-state index is 12.7. The van der Waals surface area contributed by atoms with Gasteiger partial charge in [0, 0.05) is 12.1 Å². The van der Waals surface area contributed by atoms with E-state index in [9.17, 15) is 4.79 Å². The van der Waals surface area contributed by atoms with Gasteiger partial charge in [-0.15, -0.1) is 0 Å². The topological polar surface area (TPSA) is 51.9 Å². The molecule has 1 fully saturated rings. The Morgan fingerprint density at radius 3 is 2.85 bits per heavy atom. The van der Waals surface area contributed by atoms with Crippen LogP contribution in [0.25, 0.3) is 6.08 Å². The normalized spacial score (nSPS) is 13.8. The Morgan fingerprint density at radius 1 is 1.42 bits per heavy atom. The van der Waals surface area contributed by atoms with Gasteiger partial charge in [0.2, 0.25) is 5.91 Å². The van der Waals surface area contributed by atoms with Gasteiger partial charge in [-0.1, -0.05) is 11.6 Å². The van der Waals surface area contributed by atoms with Crippen molar-refractivity contribution in [3.8, 4) is 11.5 Å². The number of halogens is 1. The highest BCUT2D eigenvalue weighted by molar-refractivity contribution is 6.32. The number of methoxy groups -OCH3 is 1. The zero-order chi connectivity index (χ0) is 18.5. The first-order valence-electron chi connectivity index (χ1n) is 8.63. The van der Waals surface area contributed by atoms with E-state index in [1.807, 2.05) is 30.0 Å². The van der Waals surface area contributed by atoms with E-state index in [2.05, 4.69) is 0 Å². The molecule has 0 radical (unpaired) electrons. The van der Waals surface area contributed by atoms with E-state index >= 15 is 0 Å². The van der Waals surface area contributed by atoms with Crippen LogP contribution in [0.4, 0.5) is 0 Å². The summed E-state index contributed by atoms with van der Waals surface area (Å²) in [7, 11) is 1.55. The second kappa shape index (κ2) is 8.32. The van der Waals surface area contributed by atoms with Crippen LogP contribution < -0.4 is 9.47 Å². The summed E-state index contributed by atoms with van der Waals surface area (Å²) in [5.41, 5.74) is 0.779. The number of rotatable bonds is 8. The molecule has 0 N–H and O–H groups in total. The Bertz CT molecular complexity index is 781. The van der Waals surface area contributed by atoms with E-state index in [4.69, 9.17) is 25.5 Å². The first-order chi connectivity index (χ1) is 12.6. The van der Waals surface area contributed by atoms with Crippen LogP contribution in [0.5, 0.6) is 11.5 Å². The Labute approximate surface area is 158 Å².